The first kappa shape index (κ1) is 10.7. The van der Waals surface area contributed by atoms with Crippen LogP contribution in [0.2, 0.25) is 0 Å². The second kappa shape index (κ2) is 3.96. The van der Waals surface area contributed by atoms with Gasteiger partial charge in [0.1, 0.15) is 17.2 Å². The maximum atomic E-state index is 5.33. The number of aromatic nitrogens is 2. The van der Waals surface area contributed by atoms with Crippen LogP contribution in [0.3, 0.4) is 0 Å². The van der Waals surface area contributed by atoms with Gasteiger partial charge in [-0.2, -0.15) is 0 Å². The first-order valence-electron chi connectivity index (χ1n) is 5.13. The Morgan fingerprint density at radius 1 is 1.12 bits per heavy atom. The van der Waals surface area contributed by atoms with E-state index in [1.165, 1.54) is 11.4 Å². The maximum Gasteiger partial charge on any atom is 0.144 e. The van der Waals surface area contributed by atoms with Crippen LogP contribution in [0.25, 0.3) is 5.69 Å². The summed E-state index contributed by atoms with van der Waals surface area (Å²) in [4.78, 5) is 0. The largest absolute Gasteiger partial charge is 0.497 e. The van der Waals surface area contributed by atoms with E-state index < -0.39 is 0 Å². The van der Waals surface area contributed by atoms with Crippen LogP contribution in [-0.4, -0.2) is 24.0 Å². The third kappa shape index (κ3) is 1.56. The summed E-state index contributed by atoms with van der Waals surface area (Å²) >= 11 is 0. The predicted molar refractivity (Wildman–Crippen MR) is 62.7 cm³/mol. The molecule has 0 unspecified atom stereocenters. The molecule has 0 saturated carbocycles. The van der Waals surface area contributed by atoms with Crippen LogP contribution in [0.5, 0.6) is 11.5 Å². The van der Waals surface area contributed by atoms with E-state index in [2.05, 4.69) is 12.0 Å². The van der Waals surface area contributed by atoms with Crippen LogP contribution in [0.1, 0.15) is 11.4 Å². The molecule has 1 aromatic carbocycles. The molecule has 0 aliphatic rings. The van der Waals surface area contributed by atoms with E-state index in [-0.39, 0.29) is 0 Å². The molecule has 0 saturated heterocycles. The van der Waals surface area contributed by atoms with E-state index in [1.807, 2.05) is 29.8 Å². The van der Waals surface area contributed by atoms with E-state index in [4.69, 9.17) is 9.47 Å². The molecule has 2 aromatic rings. The summed E-state index contributed by atoms with van der Waals surface area (Å²) in [6, 6.07) is 5.73. The van der Waals surface area contributed by atoms with Crippen molar-refractivity contribution in [3.63, 3.8) is 0 Å². The smallest absolute Gasteiger partial charge is 0.144 e. The lowest BCUT2D eigenvalue weighted by Gasteiger charge is -2.21. The number of aromatic amines is 1. The van der Waals surface area contributed by atoms with Gasteiger partial charge >= 0.3 is 0 Å². The molecular weight excluding hydrogens is 204 g/mol. The van der Waals surface area contributed by atoms with Crippen molar-refractivity contribution in [3.05, 3.63) is 29.6 Å². The summed E-state index contributed by atoms with van der Waals surface area (Å²) in [5.74, 6) is 1.63. The van der Waals surface area contributed by atoms with Crippen molar-refractivity contribution >= 4 is 0 Å². The summed E-state index contributed by atoms with van der Waals surface area (Å²) in [5, 5.41) is 3.21. The maximum absolute atomic E-state index is 5.33. The highest BCUT2D eigenvalue weighted by Gasteiger charge is 2.12. The van der Waals surface area contributed by atoms with Crippen molar-refractivity contribution in [2.75, 3.05) is 14.2 Å². The summed E-state index contributed by atoms with van der Waals surface area (Å²) in [5.41, 5.74) is 3.32. The number of hydrogen-bond donors (Lipinski definition) is 1. The van der Waals surface area contributed by atoms with Crippen molar-refractivity contribution in [1.29, 1.82) is 0 Å². The number of rotatable bonds is 3. The van der Waals surface area contributed by atoms with Crippen LogP contribution in [0.15, 0.2) is 18.2 Å². The van der Waals surface area contributed by atoms with Gasteiger partial charge in [-0.1, -0.05) is 0 Å². The zero-order chi connectivity index (χ0) is 11.7. The van der Waals surface area contributed by atoms with Gasteiger partial charge in [0.2, 0.25) is 0 Å². The molecule has 0 aliphatic carbocycles. The standard InChI is InChI=1S/C12H16N2O2/c1-8-9(2)14(13-8)11-7-10(15-3)5-6-12(11)16-4/h5-7,13H,1-4H3. The lowest BCUT2D eigenvalue weighted by molar-refractivity contribution is 0.399. The molecule has 4 nitrogen and oxygen atoms in total. The van der Waals surface area contributed by atoms with Crippen molar-refractivity contribution in [2.24, 2.45) is 0 Å². The fourth-order valence-corrected chi connectivity index (χ4v) is 1.66. The lowest BCUT2D eigenvalue weighted by atomic mass is 10.2. The minimum absolute atomic E-state index is 0.815. The Hall–Kier alpha value is -1.84. The van der Waals surface area contributed by atoms with Gasteiger partial charge < -0.3 is 9.47 Å². The Labute approximate surface area is 94.8 Å². The molecule has 0 bridgehead atoms. The normalized spacial score (nSPS) is 10.5. The molecule has 4 heteroatoms. The molecule has 86 valence electrons. The average Bonchev–Trinajstić information content (AvgIpc) is 2.34. The van der Waals surface area contributed by atoms with E-state index in [0.29, 0.717) is 0 Å². The summed E-state index contributed by atoms with van der Waals surface area (Å²) < 4.78 is 12.5. The number of hydrogen-bond acceptors (Lipinski definition) is 2. The highest BCUT2D eigenvalue weighted by molar-refractivity contribution is 5.52. The van der Waals surface area contributed by atoms with E-state index in [1.54, 1.807) is 14.2 Å². The van der Waals surface area contributed by atoms with E-state index in [9.17, 15) is 0 Å². The van der Waals surface area contributed by atoms with Gasteiger partial charge in [0.25, 0.3) is 0 Å². The zero-order valence-electron chi connectivity index (χ0n) is 10.00. The van der Waals surface area contributed by atoms with Crippen molar-refractivity contribution in [2.45, 2.75) is 13.8 Å². The number of aryl methyl sites for hydroxylation is 1. The first-order valence-corrected chi connectivity index (χ1v) is 5.13. The quantitative estimate of drug-likeness (QED) is 0.862. The van der Waals surface area contributed by atoms with E-state index >= 15 is 0 Å². The minimum atomic E-state index is 0.815. The SMILES string of the molecule is COc1ccc(OC)c(-n2[nH]c(C)c2C)c1. The Kier molecular flexibility index (Phi) is 2.64. The molecule has 1 heterocycles. The van der Waals surface area contributed by atoms with Gasteiger partial charge in [0.15, 0.2) is 0 Å². The van der Waals surface area contributed by atoms with Crippen LogP contribution in [0, 0.1) is 13.8 Å². The molecule has 1 aromatic heterocycles. The number of methoxy groups -OCH3 is 2. The Morgan fingerprint density at radius 3 is 2.38 bits per heavy atom. The third-order valence-corrected chi connectivity index (χ3v) is 2.78. The molecule has 0 fully saturated rings. The summed E-state index contributed by atoms with van der Waals surface area (Å²) in [7, 11) is 3.32. The molecule has 16 heavy (non-hydrogen) atoms. The van der Waals surface area contributed by atoms with Gasteiger partial charge in [-0.05, 0) is 26.0 Å². The molecule has 0 spiro atoms. The molecule has 1 N–H and O–H groups in total. The minimum Gasteiger partial charge on any atom is -0.497 e. The van der Waals surface area contributed by atoms with E-state index in [0.717, 1.165) is 17.2 Å². The van der Waals surface area contributed by atoms with Gasteiger partial charge in [-0.25, -0.2) is 0 Å². The number of benzene rings is 1. The number of H-pyrrole nitrogens is 1. The van der Waals surface area contributed by atoms with Crippen LogP contribution in [-0.2, 0) is 0 Å². The van der Waals surface area contributed by atoms with Gasteiger partial charge in [-0.15, -0.1) is 0 Å². The number of nitrogens with zero attached hydrogens (tertiary/aromatic N) is 1. The van der Waals surface area contributed by atoms with Crippen molar-refractivity contribution in [3.8, 4) is 17.2 Å². The van der Waals surface area contributed by atoms with Crippen LogP contribution < -0.4 is 9.47 Å². The number of nitrogens with one attached hydrogen (secondary N) is 1. The molecule has 0 aliphatic heterocycles. The fourth-order valence-electron chi connectivity index (χ4n) is 1.66. The Balaban J connectivity index is 2.50. The summed E-state index contributed by atoms with van der Waals surface area (Å²) in [6.45, 7) is 4.10. The lowest BCUT2D eigenvalue weighted by Crippen LogP contribution is -2.15. The number of ether oxygens (including phenoxy) is 2. The average molecular weight is 220 g/mol. The molecule has 0 amide bonds. The topological polar surface area (TPSA) is 39.2 Å². The monoisotopic (exact) mass is 220 g/mol. The van der Waals surface area contributed by atoms with Gasteiger partial charge in [0, 0.05) is 6.07 Å². The Bertz CT molecular complexity index is 497. The second-order valence-electron chi connectivity index (χ2n) is 3.70. The third-order valence-electron chi connectivity index (χ3n) is 2.78. The highest BCUT2D eigenvalue weighted by atomic mass is 16.5. The molecule has 0 radical (unpaired) electrons. The predicted octanol–water partition coefficient (Wildman–Crippen LogP) is 2.44. The van der Waals surface area contributed by atoms with Crippen molar-refractivity contribution < 1.29 is 9.47 Å². The molecule has 0 atom stereocenters. The molecule has 2 rings (SSSR count). The second-order valence-corrected chi connectivity index (χ2v) is 3.70. The van der Waals surface area contributed by atoms with Gasteiger partial charge in [-0.3, -0.25) is 9.78 Å². The van der Waals surface area contributed by atoms with Crippen LogP contribution >= 0.6 is 0 Å². The fraction of sp³-hybridized carbons (Fsp3) is 0.333. The van der Waals surface area contributed by atoms with Crippen molar-refractivity contribution in [1.82, 2.24) is 9.78 Å². The van der Waals surface area contributed by atoms with Gasteiger partial charge in [0.05, 0.1) is 25.6 Å². The summed E-state index contributed by atoms with van der Waals surface area (Å²) in [6.07, 6.45) is 0. The van der Waals surface area contributed by atoms with Crippen LogP contribution in [0.4, 0.5) is 0 Å². The highest BCUT2D eigenvalue weighted by Crippen LogP contribution is 2.29. The zero-order valence-corrected chi connectivity index (χ0v) is 10.00. The first-order chi connectivity index (χ1) is 7.67. The Morgan fingerprint density at radius 2 is 1.88 bits per heavy atom. The molecular formula is C12H16N2O2.